The minimum atomic E-state index is 0.777. The van der Waals surface area contributed by atoms with E-state index in [1.807, 2.05) is 6.07 Å². The molecule has 0 spiro atoms. The maximum absolute atomic E-state index is 5.39. The van der Waals surface area contributed by atoms with Crippen LogP contribution in [0.4, 0.5) is 0 Å². The summed E-state index contributed by atoms with van der Waals surface area (Å²) in [6.07, 6.45) is 2.19. The molecule has 3 aromatic rings. The molecule has 0 fully saturated rings. The summed E-state index contributed by atoms with van der Waals surface area (Å²) in [5.41, 5.74) is 6.32. The van der Waals surface area contributed by atoms with Crippen LogP contribution in [0.1, 0.15) is 23.6 Å². The van der Waals surface area contributed by atoms with Gasteiger partial charge in [-0.05, 0) is 56.2 Å². The minimum absolute atomic E-state index is 0.777. The molecule has 0 aliphatic rings. The Morgan fingerprint density at radius 1 is 0.917 bits per heavy atom. The Hall–Kier alpha value is -2.49. The zero-order valence-corrected chi connectivity index (χ0v) is 15.1. The molecule has 126 valence electrons. The second-order valence-electron chi connectivity index (χ2n) is 6.18. The molecular formula is C20H25N2O2+. The topological polar surface area (TPSA) is 27.3 Å². The summed E-state index contributed by atoms with van der Waals surface area (Å²) >= 11 is 0. The largest absolute Gasteiger partial charge is 0.497 e. The average molecular weight is 325 g/mol. The molecule has 0 bridgehead atoms. The van der Waals surface area contributed by atoms with Crippen LogP contribution >= 0.6 is 0 Å². The van der Waals surface area contributed by atoms with Crippen LogP contribution < -0.4 is 14.0 Å². The second kappa shape index (κ2) is 6.56. The lowest BCUT2D eigenvalue weighted by atomic mass is 10.1. The predicted octanol–water partition coefficient (Wildman–Crippen LogP) is 3.63. The van der Waals surface area contributed by atoms with Gasteiger partial charge in [-0.3, -0.25) is 0 Å². The Morgan fingerprint density at radius 3 is 2.12 bits per heavy atom. The summed E-state index contributed by atoms with van der Waals surface area (Å²) in [6.45, 7) is 8.23. The van der Waals surface area contributed by atoms with E-state index in [0.717, 1.165) is 30.2 Å². The van der Waals surface area contributed by atoms with E-state index in [-0.39, 0.29) is 0 Å². The number of aromatic nitrogens is 2. The molecule has 0 amide bonds. The van der Waals surface area contributed by atoms with Gasteiger partial charge in [-0.2, -0.15) is 0 Å². The van der Waals surface area contributed by atoms with Crippen molar-refractivity contribution in [2.75, 3.05) is 14.2 Å². The first kappa shape index (κ1) is 16.4. The lowest BCUT2D eigenvalue weighted by Gasteiger charge is -2.07. The van der Waals surface area contributed by atoms with Crippen LogP contribution in [0.3, 0.4) is 0 Å². The highest BCUT2D eigenvalue weighted by atomic mass is 16.5. The Balaban J connectivity index is 2.09. The van der Waals surface area contributed by atoms with Gasteiger partial charge in [0.05, 0.1) is 20.8 Å². The molecule has 4 heteroatoms. The van der Waals surface area contributed by atoms with Gasteiger partial charge in [0.1, 0.15) is 18.0 Å². The number of fused-ring (bicyclic) bond motifs is 1. The molecular weight excluding hydrogens is 300 g/mol. The van der Waals surface area contributed by atoms with Gasteiger partial charge >= 0.3 is 0 Å². The third-order valence-electron chi connectivity index (χ3n) is 4.59. The zero-order chi connectivity index (χ0) is 17.3. The van der Waals surface area contributed by atoms with Crippen molar-refractivity contribution in [3.05, 3.63) is 53.3 Å². The molecule has 0 aliphatic heterocycles. The van der Waals surface area contributed by atoms with Gasteiger partial charge in [0.2, 0.25) is 6.33 Å². The summed E-state index contributed by atoms with van der Waals surface area (Å²) < 4.78 is 15.4. The van der Waals surface area contributed by atoms with Crippen LogP contribution in [0.25, 0.3) is 11.0 Å². The summed E-state index contributed by atoms with van der Waals surface area (Å²) in [5.74, 6) is 1.63. The smallest absolute Gasteiger partial charge is 0.245 e. The molecule has 3 rings (SSSR count). The van der Waals surface area contributed by atoms with Gasteiger partial charge < -0.3 is 9.47 Å². The maximum Gasteiger partial charge on any atom is 0.245 e. The zero-order valence-electron chi connectivity index (χ0n) is 15.1. The number of ether oxygens (including phenoxy) is 2. The Labute approximate surface area is 143 Å². The van der Waals surface area contributed by atoms with E-state index < -0.39 is 0 Å². The van der Waals surface area contributed by atoms with Crippen LogP contribution in [0.5, 0.6) is 11.5 Å². The van der Waals surface area contributed by atoms with Gasteiger partial charge in [0, 0.05) is 11.6 Å². The second-order valence-corrected chi connectivity index (χ2v) is 6.18. The molecule has 0 radical (unpaired) electrons. The summed E-state index contributed by atoms with van der Waals surface area (Å²) in [5, 5.41) is 0. The molecule has 0 unspecified atom stereocenters. The van der Waals surface area contributed by atoms with Crippen molar-refractivity contribution in [1.29, 1.82) is 0 Å². The number of aryl methyl sites for hydroxylation is 3. The van der Waals surface area contributed by atoms with Crippen molar-refractivity contribution in [3.8, 4) is 11.5 Å². The van der Waals surface area contributed by atoms with E-state index in [0.29, 0.717) is 0 Å². The highest BCUT2D eigenvalue weighted by molar-refractivity contribution is 5.74. The first-order chi connectivity index (χ1) is 11.5. The third kappa shape index (κ3) is 2.96. The van der Waals surface area contributed by atoms with Gasteiger partial charge in [-0.1, -0.05) is 0 Å². The van der Waals surface area contributed by atoms with Crippen LogP contribution in [-0.2, 0) is 13.1 Å². The molecule has 1 aromatic heterocycles. The molecule has 0 N–H and O–H groups in total. The minimum Gasteiger partial charge on any atom is -0.497 e. The molecule has 2 aromatic carbocycles. The molecule has 0 saturated heterocycles. The van der Waals surface area contributed by atoms with Crippen LogP contribution in [-0.4, -0.2) is 18.8 Å². The Kier molecular flexibility index (Phi) is 4.47. The van der Waals surface area contributed by atoms with Crippen LogP contribution in [0.15, 0.2) is 36.7 Å². The van der Waals surface area contributed by atoms with E-state index in [4.69, 9.17) is 9.47 Å². The van der Waals surface area contributed by atoms with E-state index >= 15 is 0 Å². The maximum atomic E-state index is 5.39. The van der Waals surface area contributed by atoms with E-state index in [1.165, 1.54) is 22.2 Å². The lowest BCUT2D eigenvalue weighted by molar-refractivity contribution is -0.663. The Morgan fingerprint density at radius 2 is 1.54 bits per heavy atom. The van der Waals surface area contributed by atoms with Crippen LogP contribution in [0.2, 0.25) is 0 Å². The van der Waals surface area contributed by atoms with Crippen molar-refractivity contribution in [3.63, 3.8) is 0 Å². The number of hydrogen-bond acceptors (Lipinski definition) is 2. The quantitative estimate of drug-likeness (QED) is 0.670. The van der Waals surface area contributed by atoms with Crippen LogP contribution in [0, 0.1) is 13.8 Å². The summed E-state index contributed by atoms with van der Waals surface area (Å²) in [6, 6.07) is 10.6. The van der Waals surface area contributed by atoms with E-state index in [9.17, 15) is 0 Å². The normalized spacial score (nSPS) is 11.0. The summed E-state index contributed by atoms with van der Waals surface area (Å²) in [4.78, 5) is 0. The standard InChI is InChI=1S/C20H25N2O2/c1-6-21-13-22(20-8-15(3)14(2)7-19(20)21)12-16-9-17(23-4)11-18(10-16)24-5/h7-11,13H,6,12H2,1-5H3/q+1. The lowest BCUT2D eigenvalue weighted by Crippen LogP contribution is -2.33. The number of hydrogen-bond donors (Lipinski definition) is 0. The van der Waals surface area contributed by atoms with Crippen molar-refractivity contribution < 1.29 is 14.0 Å². The van der Waals surface area contributed by atoms with Gasteiger partial charge in [0.15, 0.2) is 11.0 Å². The van der Waals surface area contributed by atoms with Crippen molar-refractivity contribution >= 4 is 11.0 Å². The number of methoxy groups -OCH3 is 2. The van der Waals surface area contributed by atoms with Crippen molar-refractivity contribution in [2.24, 2.45) is 0 Å². The van der Waals surface area contributed by atoms with Crippen molar-refractivity contribution in [2.45, 2.75) is 33.9 Å². The fraction of sp³-hybridized carbons (Fsp3) is 0.350. The number of imidazole rings is 1. The number of rotatable bonds is 5. The van der Waals surface area contributed by atoms with E-state index in [1.54, 1.807) is 14.2 Å². The highest BCUT2D eigenvalue weighted by Crippen LogP contribution is 2.23. The molecule has 4 nitrogen and oxygen atoms in total. The van der Waals surface area contributed by atoms with Gasteiger partial charge in [-0.25, -0.2) is 9.13 Å². The molecule has 0 atom stereocenters. The first-order valence-corrected chi connectivity index (χ1v) is 8.27. The molecule has 1 heterocycles. The highest BCUT2D eigenvalue weighted by Gasteiger charge is 2.17. The molecule has 0 aliphatic carbocycles. The third-order valence-corrected chi connectivity index (χ3v) is 4.59. The fourth-order valence-corrected chi connectivity index (χ4v) is 3.07. The van der Waals surface area contributed by atoms with Gasteiger partial charge in [-0.15, -0.1) is 0 Å². The van der Waals surface area contributed by atoms with E-state index in [2.05, 4.69) is 60.5 Å². The molecule has 0 saturated carbocycles. The first-order valence-electron chi connectivity index (χ1n) is 8.27. The average Bonchev–Trinajstić information content (AvgIpc) is 2.91. The molecule has 24 heavy (non-hydrogen) atoms. The predicted molar refractivity (Wildman–Crippen MR) is 95.9 cm³/mol. The SMILES string of the molecule is CCn1c[n+](Cc2cc(OC)cc(OC)c2)c2cc(C)c(C)cc21. The summed E-state index contributed by atoms with van der Waals surface area (Å²) in [7, 11) is 3.36. The van der Waals surface area contributed by atoms with Crippen molar-refractivity contribution in [1.82, 2.24) is 4.57 Å². The fourth-order valence-electron chi connectivity index (χ4n) is 3.07. The number of benzene rings is 2. The monoisotopic (exact) mass is 325 g/mol. The number of nitrogens with zero attached hydrogens (tertiary/aromatic N) is 2. The Bertz CT molecular complexity index is 859. The van der Waals surface area contributed by atoms with Gasteiger partial charge in [0.25, 0.3) is 0 Å².